The molecule has 0 bridgehead atoms. The maximum Gasteiger partial charge on any atom is 0.0526 e. The average Bonchev–Trinajstić information content (AvgIpc) is 2.87. The van der Waals surface area contributed by atoms with Gasteiger partial charge in [-0.3, -0.25) is 4.90 Å². The summed E-state index contributed by atoms with van der Waals surface area (Å²) in [5.74, 6) is 0. The minimum Gasteiger partial charge on any atom is -0.393 e. The van der Waals surface area contributed by atoms with Crippen molar-refractivity contribution in [1.82, 2.24) is 10.2 Å². The highest BCUT2D eigenvalue weighted by molar-refractivity contribution is 4.92. The van der Waals surface area contributed by atoms with Gasteiger partial charge in [0.05, 0.1) is 6.10 Å². The van der Waals surface area contributed by atoms with Gasteiger partial charge in [-0.05, 0) is 39.5 Å². The number of nitrogens with one attached hydrogen (secondary N) is 1. The fourth-order valence-electron chi connectivity index (χ4n) is 2.68. The van der Waals surface area contributed by atoms with Crippen LogP contribution >= 0.6 is 0 Å². The van der Waals surface area contributed by atoms with Gasteiger partial charge in [-0.2, -0.15) is 0 Å². The van der Waals surface area contributed by atoms with Gasteiger partial charge in [-0.15, -0.1) is 0 Å². The molecule has 1 saturated heterocycles. The number of rotatable bonds is 5. The number of hydrogen-bond donors (Lipinski definition) is 2. The van der Waals surface area contributed by atoms with Crippen LogP contribution in [0.4, 0.5) is 0 Å². The summed E-state index contributed by atoms with van der Waals surface area (Å²) in [4.78, 5) is 2.62. The Morgan fingerprint density at radius 3 is 2.67 bits per heavy atom. The van der Waals surface area contributed by atoms with Crippen molar-refractivity contribution in [2.24, 2.45) is 0 Å². The summed E-state index contributed by atoms with van der Waals surface area (Å²) in [6.45, 7) is 6.52. The molecule has 2 fully saturated rings. The molecule has 2 aliphatic rings. The summed E-state index contributed by atoms with van der Waals surface area (Å²) in [5, 5.41) is 12.9. The molecule has 15 heavy (non-hydrogen) atoms. The van der Waals surface area contributed by atoms with E-state index in [4.69, 9.17) is 0 Å². The second-order valence-electron chi connectivity index (χ2n) is 5.36. The highest BCUT2D eigenvalue weighted by atomic mass is 16.3. The Labute approximate surface area is 92.8 Å². The normalized spacial score (nSPS) is 31.8. The molecule has 1 saturated carbocycles. The fourth-order valence-corrected chi connectivity index (χ4v) is 2.68. The van der Waals surface area contributed by atoms with Crippen LogP contribution in [0.25, 0.3) is 0 Å². The summed E-state index contributed by atoms with van der Waals surface area (Å²) >= 11 is 0. The van der Waals surface area contributed by atoms with E-state index in [1.807, 2.05) is 6.92 Å². The standard InChI is InChI=1S/C12H24N2O/c1-9(7-10(2)15)13-11-5-6-14(8-11)12-3-4-12/h9-13,15H,3-8H2,1-2H3. The highest BCUT2D eigenvalue weighted by Crippen LogP contribution is 2.29. The molecule has 2 rings (SSSR count). The van der Waals surface area contributed by atoms with Crippen LogP contribution in [-0.4, -0.2) is 47.3 Å². The lowest BCUT2D eigenvalue weighted by Gasteiger charge is -2.21. The van der Waals surface area contributed by atoms with E-state index in [1.54, 1.807) is 0 Å². The van der Waals surface area contributed by atoms with Crippen LogP contribution in [0.15, 0.2) is 0 Å². The molecule has 1 heterocycles. The fraction of sp³-hybridized carbons (Fsp3) is 1.00. The largest absolute Gasteiger partial charge is 0.393 e. The van der Waals surface area contributed by atoms with E-state index >= 15 is 0 Å². The summed E-state index contributed by atoms with van der Waals surface area (Å²) in [6.07, 6.45) is 4.78. The molecular formula is C12H24N2O. The first-order valence-electron chi connectivity index (χ1n) is 6.33. The van der Waals surface area contributed by atoms with E-state index in [9.17, 15) is 5.11 Å². The number of hydrogen-bond acceptors (Lipinski definition) is 3. The van der Waals surface area contributed by atoms with E-state index in [0.29, 0.717) is 12.1 Å². The second-order valence-corrected chi connectivity index (χ2v) is 5.36. The van der Waals surface area contributed by atoms with Gasteiger partial charge in [0.15, 0.2) is 0 Å². The zero-order valence-electron chi connectivity index (χ0n) is 9.95. The zero-order chi connectivity index (χ0) is 10.8. The molecule has 3 heteroatoms. The van der Waals surface area contributed by atoms with Crippen molar-refractivity contribution in [3.05, 3.63) is 0 Å². The van der Waals surface area contributed by atoms with Crippen LogP contribution in [0.1, 0.15) is 39.5 Å². The van der Waals surface area contributed by atoms with E-state index in [-0.39, 0.29) is 6.10 Å². The molecule has 3 unspecified atom stereocenters. The first-order valence-corrected chi connectivity index (χ1v) is 6.33. The molecule has 0 radical (unpaired) electrons. The first kappa shape index (κ1) is 11.4. The smallest absolute Gasteiger partial charge is 0.0526 e. The van der Waals surface area contributed by atoms with Crippen molar-refractivity contribution in [1.29, 1.82) is 0 Å². The predicted octanol–water partition coefficient (Wildman–Crippen LogP) is 0.972. The lowest BCUT2D eigenvalue weighted by molar-refractivity contribution is 0.167. The quantitative estimate of drug-likeness (QED) is 0.713. The van der Waals surface area contributed by atoms with Gasteiger partial charge in [-0.25, -0.2) is 0 Å². The van der Waals surface area contributed by atoms with Crippen LogP contribution in [0.3, 0.4) is 0 Å². The van der Waals surface area contributed by atoms with Crippen molar-refractivity contribution in [3.8, 4) is 0 Å². The molecule has 1 aliphatic heterocycles. The molecule has 0 spiro atoms. The highest BCUT2D eigenvalue weighted by Gasteiger charge is 2.34. The van der Waals surface area contributed by atoms with E-state index < -0.39 is 0 Å². The van der Waals surface area contributed by atoms with Crippen LogP contribution in [0.5, 0.6) is 0 Å². The van der Waals surface area contributed by atoms with E-state index in [2.05, 4.69) is 17.1 Å². The van der Waals surface area contributed by atoms with Crippen LogP contribution < -0.4 is 5.32 Å². The Bertz CT molecular complexity index is 204. The predicted molar refractivity (Wildman–Crippen MR) is 61.9 cm³/mol. The minimum atomic E-state index is -0.187. The van der Waals surface area contributed by atoms with Crippen LogP contribution in [-0.2, 0) is 0 Å². The molecule has 2 N–H and O–H groups in total. The van der Waals surface area contributed by atoms with Crippen LogP contribution in [0.2, 0.25) is 0 Å². The second kappa shape index (κ2) is 4.81. The summed E-state index contributed by atoms with van der Waals surface area (Å²) in [7, 11) is 0. The third kappa shape index (κ3) is 3.44. The van der Waals surface area contributed by atoms with Crippen molar-refractivity contribution in [2.45, 2.75) is 63.8 Å². The average molecular weight is 212 g/mol. The van der Waals surface area contributed by atoms with Crippen molar-refractivity contribution in [3.63, 3.8) is 0 Å². The maximum absolute atomic E-state index is 9.30. The Morgan fingerprint density at radius 1 is 1.33 bits per heavy atom. The lowest BCUT2D eigenvalue weighted by atomic mass is 10.1. The monoisotopic (exact) mass is 212 g/mol. The van der Waals surface area contributed by atoms with Gasteiger partial charge in [0, 0.05) is 31.2 Å². The number of nitrogens with zero attached hydrogens (tertiary/aromatic N) is 1. The van der Waals surface area contributed by atoms with E-state index in [0.717, 1.165) is 12.5 Å². The Kier molecular flexibility index (Phi) is 3.65. The van der Waals surface area contributed by atoms with Crippen molar-refractivity contribution < 1.29 is 5.11 Å². The Morgan fingerprint density at radius 2 is 2.07 bits per heavy atom. The molecule has 0 aromatic carbocycles. The topological polar surface area (TPSA) is 35.5 Å². The van der Waals surface area contributed by atoms with Crippen LogP contribution in [0, 0.1) is 0 Å². The SMILES string of the molecule is CC(O)CC(C)NC1CCN(C2CC2)C1. The van der Waals surface area contributed by atoms with E-state index in [1.165, 1.54) is 32.4 Å². The van der Waals surface area contributed by atoms with Gasteiger partial charge >= 0.3 is 0 Å². The Hall–Kier alpha value is -0.120. The molecule has 0 aromatic heterocycles. The zero-order valence-corrected chi connectivity index (χ0v) is 9.95. The Balaban J connectivity index is 1.67. The van der Waals surface area contributed by atoms with Gasteiger partial charge in [0.2, 0.25) is 0 Å². The van der Waals surface area contributed by atoms with Gasteiger partial charge in [-0.1, -0.05) is 0 Å². The number of likely N-dealkylation sites (tertiary alicyclic amines) is 1. The molecule has 88 valence electrons. The molecule has 3 nitrogen and oxygen atoms in total. The number of aliphatic hydroxyl groups is 1. The first-order chi connectivity index (χ1) is 7.15. The molecule has 3 atom stereocenters. The molecular weight excluding hydrogens is 188 g/mol. The minimum absolute atomic E-state index is 0.187. The summed E-state index contributed by atoms with van der Waals surface area (Å²) in [5.41, 5.74) is 0. The van der Waals surface area contributed by atoms with Gasteiger partial charge < -0.3 is 10.4 Å². The van der Waals surface area contributed by atoms with Crippen molar-refractivity contribution >= 4 is 0 Å². The van der Waals surface area contributed by atoms with Gasteiger partial charge in [0.25, 0.3) is 0 Å². The maximum atomic E-state index is 9.30. The lowest BCUT2D eigenvalue weighted by Crippen LogP contribution is -2.40. The third-order valence-electron chi connectivity index (χ3n) is 3.50. The third-order valence-corrected chi connectivity index (χ3v) is 3.50. The molecule has 0 amide bonds. The summed E-state index contributed by atoms with van der Waals surface area (Å²) < 4.78 is 0. The number of aliphatic hydroxyl groups excluding tert-OH is 1. The molecule has 0 aromatic rings. The summed E-state index contributed by atoms with van der Waals surface area (Å²) in [6, 6.07) is 2.00. The van der Waals surface area contributed by atoms with Gasteiger partial charge in [0.1, 0.15) is 0 Å². The molecule has 1 aliphatic carbocycles. The van der Waals surface area contributed by atoms with Crippen molar-refractivity contribution in [2.75, 3.05) is 13.1 Å².